The molecule has 0 fully saturated rings. The van der Waals surface area contributed by atoms with Crippen LogP contribution >= 0.6 is 0 Å². The average Bonchev–Trinajstić information content (AvgIpc) is 2.60. The highest BCUT2D eigenvalue weighted by atomic mass is 16.5. The molecule has 0 bridgehead atoms. The first-order valence-electron chi connectivity index (χ1n) is 7.08. The topological polar surface area (TPSA) is 110 Å². The summed E-state index contributed by atoms with van der Waals surface area (Å²) in [4.78, 5) is 43.7. The predicted molar refractivity (Wildman–Crippen MR) is 84.0 cm³/mol. The number of aromatic nitrogens is 2. The number of esters is 1. The second-order valence-corrected chi connectivity index (χ2v) is 4.81. The number of nitrogens with zero attached hydrogens (tertiary/aromatic N) is 2. The van der Waals surface area contributed by atoms with Gasteiger partial charge in [-0.2, -0.15) is 0 Å². The Morgan fingerprint density at radius 3 is 2.38 bits per heavy atom. The molecule has 0 unspecified atom stereocenters. The molecule has 0 saturated carbocycles. The Hall–Kier alpha value is -3.29. The lowest BCUT2D eigenvalue weighted by Gasteiger charge is -2.17. The van der Waals surface area contributed by atoms with Gasteiger partial charge < -0.3 is 10.1 Å². The molecule has 1 aromatic carbocycles. The Morgan fingerprint density at radius 2 is 1.79 bits per heavy atom. The summed E-state index contributed by atoms with van der Waals surface area (Å²) in [5.74, 6) is -1.59. The molecule has 0 saturated heterocycles. The molecule has 1 heterocycles. The second kappa shape index (κ2) is 7.82. The molecule has 8 heteroatoms. The fraction of sp³-hybridized carbons (Fsp3) is 0.188. The number of carbonyl (C=O) groups excluding carboxylic acids is 3. The normalized spacial score (nSPS) is 11.2. The number of hydrogen-bond donors (Lipinski definition) is 2. The zero-order valence-electron chi connectivity index (χ0n) is 13.1. The van der Waals surface area contributed by atoms with Crippen LogP contribution < -0.4 is 10.6 Å². The van der Waals surface area contributed by atoms with Crippen LogP contribution in [-0.4, -0.2) is 34.9 Å². The maximum atomic E-state index is 12.2. The van der Waals surface area contributed by atoms with E-state index in [1.54, 1.807) is 37.3 Å². The molecule has 0 radical (unpaired) electrons. The molecule has 124 valence electrons. The van der Waals surface area contributed by atoms with Crippen LogP contribution in [0.3, 0.4) is 0 Å². The Labute approximate surface area is 138 Å². The number of amides is 3. The van der Waals surface area contributed by atoms with Crippen LogP contribution in [-0.2, 0) is 9.53 Å². The largest absolute Gasteiger partial charge is 0.442 e. The smallest absolute Gasteiger partial charge is 0.359 e. The Kier molecular flexibility index (Phi) is 5.56. The van der Waals surface area contributed by atoms with Gasteiger partial charge in [-0.1, -0.05) is 30.3 Å². The van der Waals surface area contributed by atoms with Crippen LogP contribution in [0.1, 0.15) is 27.8 Å². The van der Waals surface area contributed by atoms with Gasteiger partial charge in [0, 0.05) is 18.8 Å². The Balaban J connectivity index is 2.22. The quantitative estimate of drug-likeness (QED) is 0.814. The Morgan fingerprint density at radius 1 is 1.08 bits per heavy atom. The fourth-order valence-corrected chi connectivity index (χ4v) is 1.81. The monoisotopic (exact) mass is 328 g/mol. The molecule has 2 rings (SSSR count). The van der Waals surface area contributed by atoms with Gasteiger partial charge in [-0.3, -0.25) is 15.1 Å². The third kappa shape index (κ3) is 4.35. The SMILES string of the molecule is CNC(=O)NC(=O)[C@@H](OC(=O)c1cnc(C)cn1)c1ccccc1. The molecule has 0 aliphatic rings. The highest BCUT2D eigenvalue weighted by Crippen LogP contribution is 2.19. The van der Waals surface area contributed by atoms with Crippen LogP contribution in [0.4, 0.5) is 4.79 Å². The molecule has 2 N–H and O–H groups in total. The van der Waals surface area contributed by atoms with Crippen molar-refractivity contribution in [2.45, 2.75) is 13.0 Å². The number of hydrogen-bond acceptors (Lipinski definition) is 6. The molecule has 1 aromatic heterocycles. The molecular weight excluding hydrogens is 312 g/mol. The standard InChI is InChI=1S/C16H16N4O4/c1-10-8-19-12(9-18-10)15(22)24-13(11-6-4-3-5-7-11)14(21)20-16(23)17-2/h3-9,13H,1-2H3,(H2,17,20,21,23)/t13-/m0/s1. The lowest BCUT2D eigenvalue weighted by Crippen LogP contribution is -2.41. The molecule has 0 aliphatic carbocycles. The third-order valence-corrected chi connectivity index (χ3v) is 3.02. The van der Waals surface area contributed by atoms with Crippen molar-refractivity contribution in [1.29, 1.82) is 0 Å². The lowest BCUT2D eigenvalue weighted by molar-refractivity contribution is -0.129. The number of rotatable bonds is 4. The van der Waals surface area contributed by atoms with Gasteiger partial charge in [0.1, 0.15) is 0 Å². The first-order chi connectivity index (χ1) is 11.5. The van der Waals surface area contributed by atoms with Gasteiger partial charge >= 0.3 is 12.0 Å². The maximum Gasteiger partial charge on any atom is 0.359 e. The second-order valence-electron chi connectivity index (χ2n) is 4.81. The summed E-state index contributed by atoms with van der Waals surface area (Å²) >= 11 is 0. The van der Waals surface area contributed by atoms with E-state index in [-0.39, 0.29) is 5.69 Å². The number of carbonyl (C=O) groups is 3. The van der Waals surface area contributed by atoms with E-state index >= 15 is 0 Å². The molecule has 24 heavy (non-hydrogen) atoms. The van der Waals surface area contributed by atoms with Crippen molar-refractivity contribution in [2.24, 2.45) is 0 Å². The van der Waals surface area contributed by atoms with Crippen LogP contribution in [0.2, 0.25) is 0 Å². The van der Waals surface area contributed by atoms with Crippen molar-refractivity contribution in [2.75, 3.05) is 7.05 Å². The van der Waals surface area contributed by atoms with Crippen LogP contribution in [0.15, 0.2) is 42.7 Å². The zero-order chi connectivity index (χ0) is 17.5. The number of nitrogens with one attached hydrogen (secondary N) is 2. The minimum atomic E-state index is -1.29. The van der Waals surface area contributed by atoms with Crippen molar-refractivity contribution in [3.8, 4) is 0 Å². The van der Waals surface area contributed by atoms with Gasteiger partial charge in [0.15, 0.2) is 5.69 Å². The number of imide groups is 1. The number of aryl methyl sites for hydroxylation is 1. The highest BCUT2D eigenvalue weighted by molar-refractivity contribution is 5.98. The molecule has 1 atom stereocenters. The predicted octanol–water partition coefficient (Wildman–Crippen LogP) is 1.14. The minimum absolute atomic E-state index is 0.0331. The summed E-state index contributed by atoms with van der Waals surface area (Å²) in [5, 5.41) is 4.35. The van der Waals surface area contributed by atoms with Crippen molar-refractivity contribution in [3.05, 3.63) is 59.7 Å². The lowest BCUT2D eigenvalue weighted by atomic mass is 10.1. The van der Waals surface area contributed by atoms with Crippen molar-refractivity contribution >= 4 is 17.9 Å². The van der Waals surface area contributed by atoms with E-state index in [0.29, 0.717) is 11.3 Å². The van der Waals surface area contributed by atoms with E-state index < -0.39 is 24.0 Å². The van der Waals surface area contributed by atoms with E-state index in [1.807, 2.05) is 0 Å². The van der Waals surface area contributed by atoms with Crippen molar-refractivity contribution in [3.63, 3.8) is 0 Å². The Bertz CT molecular complexity index is 732. The highest BCUT2D eigenvalue weighted by Gasteiger charge is 2.27. The zero-order valence-corrected chi connectivity index (χ0v) is 13.1. The van der Waals surface area contributed by atoms with Gasteiger partial charge in [-0.25, -0.2) is 14.6 Å². The molecular formula is C16H16N4O4. The minimum Gasteiger partial charge on any atom is -0.442 e. The summed E-state index contributed by atoms with van der Waals surface area (Å²) in [6.07, 6.45) is 1.38. The van der Waals surface area contributed by atoms with Gasteiger partial charge in [0.25, 0.3) is 5.91 Å². The summed E-state index contributed by atoms with van der Waals surface area (Å²) in [5.41, 5.74) is 1.03. The van der Waals surface area contributed by atoms with Gasteiger partial charge in [0.2, 0.25) is 6.10 Å². The summed E-state index contributed by atoms with van der Waals surface area (Å²) in [6.45, 7) is 1.73. The van der Waals surface area contributed by atoms with E-state index in [0.717, 1.165) is 0 Å². The van der Waals surface area contributed by atoms with Gasteiger partial charge in [0.05, 0.1) is 11.9 Å². The molecule has 0 spiro atoms. The first-order valence-corrected chi connectivity index (χ1v) is 7.08. The van der Waals surface area contributed by atoms with Crippen LogP contribution in [0, 0.1) is 6.92 Å². The molecule has 2 aromatic rings. The summed E-state index contributed by atoms with van der Waals surface area (Å²) < 4.78 is 5.24. The molecule has 3 amide bonds. The van der Waals surface area contributed by atoms with E-state index in [2.05, 4.69) is 20.6 Å². The third-order valence-electron chi connectivity index (χ3n) is 3.02. The van der Waals surface area contributed by atoms with E-state index in [1.165, 1.54) is 19.4 Å². The van der Waals surface area contributed by atoms with Gasteiger partial charge in [-0.05, 0) is 6.92 Å². The number of ether oxygens (including phenoxy) is 1. The molecule has 0 aliphatic heterocycles. The van der Waals surface area contributed by atoms with Crippen molar-refractivity contribution in [1.82, 2.24) is 20.6 Å². The van der Waals surface area contributed by atoms with Crippen LogP contribution in [0.5, 0.6) is 0 Å². The fourth-order valence-electron chi connectivity index (χ4n) is 1.81. The number of benzene rings is 1. The van der Waals surface area contributed by atoms with E-state index in [4.69, 9.17) is 4.74 Å². The van der Waals surface area contributed by atoms with Crippen LogP contribution in [0.25, 0.3) is 0 Å². The maximum absolute atomic E-state index is 12.2. The van der Waals surface area contributed by atoms with Gasteiger partial charge in [-0.15, -0.1) is 0 Å². The van der Waals surface area contributed by atoms with Crippen molar-refractivity contribution < 1.29 is 19.1 Å². The first kappa shape index (κ1) is 17.1. The summed E-state index contributed by atoms with van der Waals surface area (Å²) in [6, 6.07) is 7.66. The average molecular weight is 328 g/mol. The molecule has 8 nitrogen and oxygen atoms in total. The number of urea groups is 1. The van der Waals surface area contributed by atoms with E-state index in [9.17, 15) is 14.4 Å². The summed E-state index contributed by atoms with van der Waals surface area (Å²) in [7, 11) is 1.37.